The van der Waals surface area contributed by atoms with Gasteiger partial charge in [-0.05, 0) is 60.1 Å². The van der Waals surface area contributed by atoms with Gasteiger partial charge < -0.3 is 10.1 Å². The van der Waals surface area contributed by atoms with Crippen LogP contribution in [-0.4, -0.2) is 6.61 Å². The summed E-state index contributed by atoms with van der Waals surface area (Å²) in [7, 11) is 0. The molecule has 1 aliphatic heterocycles. The van der Waals surface area contributed by atoms with E-state index in [1.165, 1.54) is 49.8 Å². The molecule has 158 valence electrons. The van der Waals surface area contributed by atoms with E-state index in [0.29, 0.717) is 21.9 Å². The van der Waals surface area contributed by atoms with Crippen molar-refractivity contribution in [3.8, 4) is 5.75 Å². The minimum absolute atomic E-state index is 0.154. The summed E-state index contributed by atoms with van der Waals surface area (Å²) >= 11 is 12.9. The third-order valence-corrected chi connectivity index (χ3v) is 8.00. The molecule has 3 atom stereocenters. The molecule has 2 nitrogen and oxygen atoms in total. The van der Waals surface area contributed by atoms with E-state index in [0.717, 1.165) is 30.3 Å². The Bertz CT molecular complexity index is 935. The number of anilines is 1. The Morgan fingerprint density at radius 1 is 1.00 bits per heavy atom. The summed E-state index contributed by atoms with van der Waals surface area (Å²) in [6.45, 7) is 0.821. The molecule has 1 fully saturated rings. The van der Waals surface area contributed by atoms with Gasteiger partial charge >= 0.3 is 0 Å². The minimum Gasteiger partial charge on any atom is -0.494 e. The number of halogens is 2. The average Bonchev–Trinajstić information content (AvgIpc) is 3.26. The summed E-state index contributed by atoms with van der Waals surface area (Å²) in [5.74, 6) is 2.65. The number of rotatable bonds is 5. The molecule has 0 saturated heterocycles. The Labute approximate surface area is 189 Å². The van der Waals surface area contributed by atoms with Gasteiger partial charge in [0.05, 0.1) is 22.7 Å². The zero-order valence-electron chi connectivity index (χ0n) is 17.2. The number of hydrogen-bond acceptors (Lipinski definition) is 2. The topological polar surface area (TPSA) is 21.3 Å². The summed E-state index contributed by atoms with van der Waals surface area (Å²) in [5, 5.41) is 5.03. The quantitative estimate of drug-likeness (QED) is 0.472. The first-order chi connectivity index (χ1) is 14.7. The molecule has 5 rings (SSSR count). The van der Waals surface area contributed by atoms with Crippen LogP contribution >= 0.6 is 23.2 Å². The van der Waals surface area contributed by atoms with Crippen molar-refractivity contribution in [2.24, 2.45) is 11.8 Å². The predicted molar refractivity (Wildman–Crippen MR) is 126 cm³/mol. The molecule has 30 heavy (non-hydrogen) atoms. The molecule has 2 aromatic carbocycles. The van der Waals surface area contributed by atoms with E-state index in [9.17, 15) is 0 Å². The lowest BCUT2D eigenvalue weighted by Crippen LogP contribution is -2.29. The summed E-state index contributed by atoms with van der Waals surface area (Å²) in [5.41, 5.74) is 3.59. The van der Waals surface area contributed by atoms with Gasteiger partial charge in [-0.15, -0.1) is 0 Å². The number of allylic oxidation sites excluding steroid dienone is 2. The maximum atomic E-state index is 6.58. The highest BCUT2D eigenvalue weighted by molar-refractivity contribution is 6.42. The highest BCUT2D eigenvalue weighted by Gasteiger charge is 2.39. The van der Waals surface area contributed by atoms with Crippen LogP contribution in [0.4, 0.5) is 5.69 Å². The average molecular weight is 442 g/mol. The first-order valence-electron chi connectivity index (χ1n) is 11.3. The number of benzene rings is 2. The predicted octanol–water partition coefficient (Wildman–Crippen LogP) is 8.17. The van der Waals surface area contributed by atoms with Crippen LogP contribution in [0.5, 0.6) is 5.75 Å². The first kappa shape index (κ1) is 20.3. The molecule has 0 bridgehead atoms. The van der Waals surface area contributed by atoms with E-state index >= 15 is 0 Å². The first-order valence-corrected chi connectivity index (χ1v) is 12.1. The van der Waals surface area contributed by atoms with E-state index in [-0.39, 0.29) is 6.04 Å². The Morgan fingerprint density at radius 3 is 2.73 bits per heavy atom. The second-order valence-electron chi connectivity index (χ2n) is 9.01. The molecule has 0 aromatic heterocycles. The van der Waals surface area contributed by atoms with Gasteiger partial charge in [0.1, 0.15) is 5.75 Å². The van der Waals surface area contributed by atoms with Crippen molar-refractivity contribution in [1.82, 2.24) is 0 Å². The molecule has 4 heteroatoms. The molecular weight excluding hydrogens is 413 g/mol. The van der Waals surface area contributed by atoms with Crippen LogP contribution in [0.15, 0.2) is 48.6 Å². The van der Waals surface area contributed by atoms with Crippen LogP contribution in [0.2, 0.25) is 10.0 Å². The van der Waals surface area contributed by atoms with E-state index in [1.807, 2.05) is 12.1 Å². The molecule has 2 aliphatic carbocycles. The summed E-state index contributed by atoms with van der Waals surface area (Å²) in [4.78, 5) is 0. The molecule has 2 aromatic rings. The molecule has 0 amide bonds. The van der Waals surface area contributed by atoms with Gasteiger partial charge in [0.2, 0.25) is 0 Å². The van der Waals surface area contributed by atoms with E-state index < -0.39 is 0 Å². The van der Waals surface area contributed by atoms with Crippen LogP contribution in [0.25, 0.3) is 0 Å². The second-order valence-corrected chi connectivity index (χ2v) is 9.79. The lowest BCUT2D eigenvalue weighted by atomic mass is 9.77. The highest BCUT2D eigenvalue weighted by Crippen LogP contribution is 2.51. The van der Waals surface area contributed by atoms with Crippen LogP contribution in [0.1, 0.15) is 68.0 Å². The third kappa shape index (κ3) is 3.97. The van der Waals surface area contributed by atoms with Gasteiger partial charge in [0.25, 0.3) is 0 Å². The van der Waals surface area contributed by atoms with Crippen molar-refractivity contribution in [2.45, 2.75) is 56.9 Å². The van der Waals surface area contributed by atoms with Crippen LogP contribution < -0.4 is 10.1 Å². The van der Waals surface area contributed by atoms with E-state index in [4.69, 9.17) is 27.9 Å². The fourth-order valence-electron chi connectivity index (χ4n) is 5.55. The van der Waals surface area contributed by atoms with Crippen molar-refractivity contribution in [2.75, 3.05) is 11.9 Å². The zero-order chi connectivity index (χ0) is 20.5. The molecule has 3 unspecified atom stereocenters. The van der Waals surface area contributed by atoms with Crippen LogP contribution in [0, 0.1) is 11.8 Å². The van der Waals surface area contributed by atoms with Gasteiger partial charge in [-0.1, -0.05) is 79.6 Å². The van der Waals surface area contributed by atoms with Gasteiger partial charge in [0, 0.05) is 11.6 Å². The summed E-state index contributed by atoms with van der Waals surface area (Å²) < 4.78 is 6.18. The molecule has 3 aliphatic rings. The molecule has 0 spiro atoms. The molecular formula is C26H29Cl2NO. The Kier molecular flexibility index (Phi) is 5.98. The Morgan fingerprint density at radius 2 is 1.87 bits per heavy atom. The van der Waals surface area contributed by atoms with Crippen LogP contribution in [0.3, 0.4) is 0 Å². The van der Waals surface area contributed by atoms with Gasteiger partial charge in [-0.2, -0.15) is 0 Å². The monoisotopic (exact) mass is 441 g/mol. The van der Waals surface area contributed by atoms with Crippen molar-refractivity contribution >= 4 is 28.9 Å². The summed E-state index contributed by atoms with van der Waals surface area (Å²) in [6.07, 6.45) is 13.8. The zero-order valence-corrected chi connectivity index (χ0v) is 18.8. The summed E-state index contributed by atoms with van der Waals surface area (Å²) in [6, 6.07) is 12.6. The second kappa shape index (κ2) is 8.85. The number of hydrogen-bond donors (Lipinski definition) is 1. The van der Waals surface area contributed by atoms with Crippen molar-refractivity contribution in [3.05, 3.63) is 69.7 Å². The number of fused-ring (bicyclic) bond motifs is 3. The minimum atomic E-state index is 0.154. The van der Waals surface area contributed by atoms with E-state index in [1.54, 1.807) is 0 Å². The third-order valence-electron chi connectivity index (χ3n) is 7.17. The van der Waals surface area contributed by atoms with Gasteiger partial charge in [-0.3, -0.25) is 0 Å². The maximum absolute atomic E-state index is 6.58. The normalized spacial score (nSPS) is 25.5. The van der Waals surface area contributed by atoms with Crippen molar-refractivity contribution in [3.63, 3.8) is 0 Å². The molecule has 1 heterocycles. The Balaban J connectivity index is 1.34. The van der Waals surface area contributed by atoms with Gasteiger partial charge in [0.15, 0.2) is 0 Å². The van der Waals surface area contributed by atoms with Crippen LogP contribution in [-0.2, 0) is 0 Å². The number of ether oxygens (including phenoxy) is 1. The van der Waals surface area contributed by atoms with Gasteiger partial charge in [-0.25, -0.2) is 0 Å². The smallest absolute Gasteiger partial charge is 0.119 e. The highest BCUT2D eigenvalue weighted by atomic mass is 35.5. The molecule has 0 radical (unpaired) electrons. The standard InChI is InChI=1S/C26H29Cl2NO/c27-23-11-5-10-21(25(23)28)26-20-9-4-8-19(20)22-16-18(12-13-24(22)29-26)30-15-14-17-6-2-1-3-7-17/h4-5,8,10-13,16-17,19-20,26,29H,1-3,6-7,9,14-15H2. The van der Waals surface area contributed by atoms with E-state index in [2.05, 4.69) is 41.7 Å². The lowest BCUT2D eigenvalue weighted by molar-refractivity contribution is 0.246. The van der Waals surface area contributed by atoms with Crippen molar-refractivity contribution in [1.29, 1.82) is 0 Å². The molecule has 1 saturated carbocycles. The number of nitrogens with one attached hydrogen (secondary N) is 1. The fourth-order valence-corrected chi connectivity index (χ4v) is 5.98. The maximum Gasteiger partial charge on any atom is 0.119 e. The lowest BCUT2D eigenvalue weighted by Gasteiger charge is -2.38. The fraction of sp³-hybridized carbons (Fsp3) is 0.462. The Hall–Kier alpha value is -1.64. The SMILES string of the molecule is Clc1cccc(C2Nc3ccc(OCCC4CCCCC4)cc3C3C=CCC32)c1Cl. The largest absolute Gasteiger partial charge is 0.494 e. The molecule has 1 N–H and O–H groups in total. The van der Waals surface area contributed by atoms with Crippen molar-refractivity contribution < 1.29 is 4.74 Å².